The van der Waals surface area contributed by atoms with Gasteiger partial charge in [0.2, 0.25) is 35.4 Å². The van der Waals surface area contributed by atoms with E-state index in [1.807, 2.05) is 0 Å². The van der Waals surface area contributed by atoms with Gasteiger partial charge in [-0.1, -0.05) is 44.2 Å². The zero-order valence-corrected chi connectivity index (χ0v) is 44.8. The Kier molecular flexibility index (Phi) is 18.6. The summed E-state index contributed by atoms with van der Waals surface area (Å²) < 4.78 is 39.2. The van der Waals surface area contributed by atoms with Crippen LogP contribution in [0.1, 0.15) is 104 Å². The van der Waals surface area contributed by atoms with Crippen LogP contribution in [-0.4, -0.2) is 156 Å². The molecule has 0 fully saturated rings. The fourth-order valence-electron chi connectivity index (χ4n) is 10.6. The zero-order chi connectivity index (χ0) is 57.4. The summed E-state index contributed by atoms with van der Waals surface area (Å²) in [6, 6.07) is 9.24. The molecule has 2 aliphatic carbocycles. The molecule has 24 nitrogen and oxygen atoms in total. The number of hydrogen-bond donors (Lipinski definition) is 8. The number of nitrogens with one attached hydrogen (secondary N) is 6. The SMILES string of the molecule is CC[C@@]1(O)C(=O)OCc2c1cc1n(c2=O)Cc2c-1nc1c3c2[C@@H](CNC(=O)O[C@H](C)COCNC(=O)CNC(=O)[C@H](Cc2ccccc2)NC(=O)CNC(=O)CNC(=O)CCOCCN2C(=O)C=CC2O)CCC3=C(C)C(F)C1C. The Morgan fingerprint density at radius 2 is 1.66 bits per heavy atom. The quantitative estimate of drug-likeness (QED) is 0.0268. The molecular weight excluding hydrogens is 1050 g/mol. The molecule has 5 aliphatic rings. The molecule has 428 valence electrons. The predicted octanol–water partition coefficient (Wildman–Crippen LogP) is 0.437. The van der Waals surface area contributed by atoms with Crippen LogP contribution in [0.5, 0.6) is 0 Å². The highest BCUT2D eigenvalue weighted by Gasteiger charge is 2.47. The average Bonchev–Trinajstić information content (AvgIpc) is 4.07. The van der Waals surface area contributed by atoms with Crippen LogP contribution in [0, 0.1) is 0 Å². The normalized spacial score (nSPS) is 21.0. The Hall–Kier alpha value is -7.87. The van der Waals surface area contributed by atoms with Gasteiger partial charge >= 0.3 is 12.1 Å². The number of fused-ring (bicyclic) bond motifs is 5. The highest BCUT2D eigenvalue weighted by molar-refractivity contribution is 5.93. The van der Waals surface area contributed by atoms with E-state index in [0.717, 1.165) is 22.3 Å². The lowest BCUT2D eigenvalue weighted by Gasteiger charge is -2.37. The van der Waals surface area contributed by atoms with Crippen molar-refractivity contribution in [3.05, 3.63) is 104 Å². The Bertz CT molecular complexity index is 3060. The maximum atomic E-state index is 15.9. The smallest absolute Gasteiger partial charge is 0.407 e. The molecule has 5 heterocycles. The van der Waals surface area contributed by atoms with Crippen LogP contribution in [0.15, 0.2) is 58.9 Å². The van der Waals surface area contributed by atoms with Crippen molar-refractivity contribution in [3.8, 4) is 11.4 Å². The Balaban J connectivity index is 0.772. The van der Waals surface area contributed by atoms with Crippen molar-refractivity contribution >= 4 is 53.1 Å². The molecule has 0 bridgehead atoms. The summed E-state index contributed by atoms with van der Waals surface area (Å²) in [4.78, 5) is 122. The molecule has 3 aliphatic heterocycles. The predicted molar refractivity (Wildman–Crippen MR) is 281 cm³/mol. The van der Waals surface area contributed by atoms with Crippen molar-refractivity contribution in [2.75, 3.05) is 59.3 Å². The number of carbonyl (C=O) groups is 8. The Morgan fingerprint density at radius 1 is 0.938 bits per heavy atom. The van der Waals surface area contributed by atoms with E-state index in [9.17, 15) is 53.4 Å². The minimum atomic E-state index is -2.03. The molecule has 2 aromatic heterocycles. The Morgan fingerprint density at radius 3 is 2.40 bits per heavy atom. The lowest BCUT2D eigenvalue weighted by atomic mass is 9.70. The van der Waals surface area contributed by atoms with Gasteiger partial charge in [0.1, 0.15) is 37.9 Å². The largest absolute Gasteiger partial charge is 0.458 e. The number of cyclic esters (lactones) is 1. The van der Waals surface area contributed by atoms with Crippen LogP contribution >= 0.6 is 0 Å². The van der Waals surface area contributed by atoms with E-state index in [2.05, 4.69) is 31.9 Å². The van der Waals surface area contributed by atoms with Gasteiger partial charge in [0.15, 0.2) is 5.60 Å². The van der Waals surface area contributed by atoms with Crippen LogP contribution in [-0.2, 0) is 77.7 Å². The van der Waals surface area contributed by atoms with Crippen molar-refractivity contribution in [2.45, 2.75) is 115 Å². The lowest BCUT2D eigenvalue weighted by Crippen LogP contribution is -2.52. The van der Waals surface area contributed by atoms with E-state index in [4.69, 9.17) is 23.9 Å². The monoisotopic (exact) mass is 1110 g/mol. The van der Waals surface area contributed by atoms with Crippen molar-refractivity contribution in [2.24, 2.45) is 0 Å². The number of alkyl carbamates (subject to hydrolysis) is 1. The van der Waals surface area contributed by atoms with E-state index in [1.54, 1.807) is 68.7 Å². The fourth-order valence-corrected chi connectivity index (χ4v) is 10.6. The molecule has 8 N–H and O–H groups in total. The number of carbonyl (C=O) groups excluding carboxylic acids is 8. The zero-order valence-electron chi connectivity index (χ0n) is 44.8. The van der Waals surface area contributed by atoms with E-state index in [0.29, 0.717) is 41.1 Å². The number of esters is 1. The van der Waals surface area contributed by atoms with Gasteiger partial charge in [0.25, 0.3) is 5.56 Å². The molecule has 8 rings (SSSR count). The number of amides is 7. The van der Waals surface area contributed by atoms with E-state index < -0.39 is 103 Å². The number of benzene rings is 1. The molecule has 3 unspecified atom stereocenters. The molecule has 3 aromatic rings. The fraction of sp³-hybridized carbons (Fsp3) is 0.491. The maximum absolute atomic E-state index is 15.9. The molecule has 0 radical (unpaired) electrons. The molecule has 7 atom stereocenters. The first-order chi connectivity index (χ1) is 38.3. The summed E-state index contributed by atoms with van der Waals surface area (Å²) in [5.41, 5.74) is 3.84. The summed E-state index contributed by atoms with van der Waals surface area (Å²) in [5, 5.41) is 36.3. The summed E-state index contributed by atoms with van der Waals surface area (Å²) in [5.74, 6) is -5.33. The first-order valence-corrected chi connectivity index (χ1v) is 26.5. The Labute approximate surface area is 459 Å². The second-order valence-electron chi connectivity index (χ2n) is 20.3. The number of nitrogens with zero attached hydrogens (tertiary/aromatic N) is 3. The molecule has 1 aromatic carbocycles. The second-order valence-corrected chi connectivity index (χ2v) is 20.3. The number of alkyl halides is 1. The van der Waals surface area contributed by atoms with Crippen molar-refractivity contribution in [1.82, 2.24) is 46.4 Å². The molecular formula is C55H66FN9O15. The molecule has 0 saturated carbocycles. The number of hydrogen-bond acceptors (Lipinski definition) is 16. The van der Waals surface area contributed by atoms with Crippen LogP contribution < -0.4 is 37.5 Å². The van der Waals surface area contributed by atoms with Gasteiger partial charge in [-0.05, 0) is 67.5 Å². The number of aromatic nitrogens is 2. The molecule has 25 heteroatoms. The third-order valence-electron chi connectivity index (χ3n) is 14.9. The van der Waals surface area contributed by atoms with Gasteiger partial charge in [-0.3, -0.25) is 33.6 Å². The van der Waals surface area contributed by atoms with Gasteiger partial charge in [-0.15, -0.1) is 0 Å². The highest BCUT2D eigenvalue weighted by atomic mass is 19.1. The van der Waals surface area contributed by atoms with Gasteiger partial charge in [-0.2, -0.15) is 0 Å². The van der Waals surface area contributed by atoms with Gasteiger partial charge in [0, 0.05) is 60.5 Å². The standard InChI is InChI=1S/C55H66FN9O15/c1-5-55(76)37-20-39-50-35(25-65(39)52(73)36(37)27-79-53(55)74)46-33(11-12-34-30(3)48(56)31(4)49(63-50)47(34)46)21-60-54(75)80-29(2)26-78-28-61-42(68)23-59-51(72)38(19-32-9-7-6-8-10-32)62-43(69)24-58-41(67)22-57-40(66)15-17-77-18-16-64-44(70)13-14-45(64)71/h6-10,13-14,20,29,31,33,38,44,48,70,76H,5,11-12,15-19,21-28H2,1-4H3,(H,57,66)(H,58,67)(H,59,72)(H,60,75)(H,61,68)(H,62,69)/t29-,31?,33-,38+,44?,48?,55+/m1/s1. The van der Waals surface area contributed by atoms with Crippen LogP contribution in [0.4, 0.5) is 9.18 Å². The van der Waals surface area contributed by atoms with Crippen molar-refractivity contribution in [1.29, 1.82) is 0 Å². The van der Waals surface area contributed by atoms with Crippen LogP contribution in [0.3, 0.4) is 0 Å². The van der Waals surface area contributed by atoms with E-state index in [1.165, 1.54) is 17.1 Å². The summed E-state index contributed by atoms with van der Waals surface area (Å²) in [6.07, 6.45) is -0.236. The molecule has 0 spiro atoms. The van der Waals surface area contributed by atoms with E-state index in [-0.39, 0.29) is 95.0 Å². The molecule has 80 heavy (non-hydrogen) atoms. The van der Waals surface area contributed by atoms with E-state index >= 15 is 4.39 Å². The third kappa shape index (κ3) is 12.9. The van der Waals surface area contributed by atoms with Crippen LogP contribution in [0.25, 0.3) is 17.0 Å². The number of pyridine rings is 2. The summed E-state index contributed by atoms with van der Waals surface area (Å²) in [6.45, 7) is 5.05. The van der Waals surface area contributed by atoms with Gasteiger partial charge in [0.05, 0.1) is 68.6 Å². The minimum Gasteiger partial charge on any atom is -0.458 e. The van der Waals surface area contributed by atoms with Gasteiger partial charge in [-0.25, -0.2) is 19.0 Å². The molecule has 7 amide bonds. The maximum Gasteiger partial charge on any atom is 0.407 e. The van der Waals surface area contributed by atoms with Crippen molar-refractivity contribution in [3.63, 3.8) is 0 Å². The number of rotatable bonds is 24. The average molecular weight is 1110 g/mol. The summed E-state index contributed by atoms with van der Waals surface area (Å²) in [7, 11) is 0. The number of aliphatic hydroxyl groups excluding tert-OH is 1. The first-order valence-electron chi connectivity index (χ1n) is 26.5. The third-order valence-corrected chi connectivity index (χ3v) is 14.9. The topological polar surface area (TPSA) is 324 Å². The van der Waals surface area contributed by atoms with Crippen LogP contribution in [0.2, 0.25) is 0 Å². The van der Waals surface area contributed by atoms with Crippen molar-refractivity contribution < 1.29 is 71.9 Å². The second kappa shape index (κ2) is 25.5. The number of halogens is 1. The highest BCUT2D eigenvalue weighted by Crippen LogP contribution is 2.52. The first kappa shape index (κ1) is 58.3. The number of allylic oxidation sites excluding steroid dienone is 2. The van der Waals surface area contributed by atoms with Gasteiger partial charge < -0.3 is 70.5 Å². The minimum absolute atomic E-state index is 0.00373. The molecule has 0 saturated heterocycles. The number of aliphatic hydroxyl groups is 2. The number of ether oxygens (including phenoxy) is 4. The summed E-state index contributed by atoms with van der Waals surface area (Å²) >= 11 is 0. The lowest BCUT2D eigenvalue weighted by molar-refractivity contribution is -0.172.